The highest BCUT2D eigenvalue weighted by Gasteiger charge is 2.16. The molecule has 0 atom stereocenters. The van der Waals surface area contributed by atoms with Crippen molar-refractivity contribution in [2.75, 3.05) is 5.32 Å². The van der Waals surface area contributed by atoms with Gasteiger partial charge in [0.05, 0.1) is 20.1 Å². The van der Waals surface area contributed by atoms with Gasteiger partial charge in [-0.25, -0.2) is 15.0 Å². The number of aromatic nitrogens is 3. The van der Waals surface area contributed by atoms with E-state index in [2.05, 4.69) is 50.0 Å². The van der Waals surface area contributed by atoms with Crippen molar-refractivity contribution in [2.24, 2.45) is 0 Å². The predicted octanol–water partition coefficient (Wildman–Crippen LogP) is 6.19. The lowest BCUT2D eigenvalue weighted by molar-refractivity contribution is 0.847. The third kappa shape index (κ3) is 3.77. The van der Waals surface area contributed by atoms with Crippen LogP contribution in [0.1, 0.15) is 30.5 Å². The van der Waals surface area contributed by atoms with Gasteiger partial charge in [-0.05, 0) is 41.1 Å². The Bertz CT molecular complexity index is 879. The molecule has 7 heteroatoms. The Morgan fingerprint density at radius 1 is 1.25 bits per heavy atom. The Morgan fingerprint density at radius 3 is 2.71 bits per heavy atom. The summed E-state index contributed by atoms with van der Waals surface area (Å²) in [4.78, 5) is 14.7. The van der Waals surface area contributed by atoms with Crippen molar-refractivity contribution in [3.05, 3.63) is 50.7 Å². The number of aryl methyl sites for hydroxylation is 1. The van der Waals surface area contributed by atoms with Crippen LogP contribution in [0.5, 0.6) is 0 Å². The largest absolute Gasteiger partial charge is 0.324 e. The summed E-state index contributed by atoms with van der Waals surface area (Å²) in [5.74, 6) is 0.918. The van der Waals surface area contributed by atoms with E-state index in [1.807, 2.05) is 31.2 Å². The third-order valence-electron chi connectivity index (χ3n) is 3.35. The molecule has 0 aliphatic heterocycles. The summed E-state index contributed by atoms with van der Waals surface area (Å²) >= 11 is 11.2. The zero-order valence-corrected chi connectivity index (χ0v) is 16.6. The standard InChI is InChI=1S/C17H16BrClN4S/c1-9(2)16-21-10(3)15(24-16)14-13(18)8-20-17(23-14)22-12-6-4-5-11(19)7-12/h4-9H,1-3H3,(H,20,22,23). The molecule has 0 saturated carbocycles. The molecule has 0 unspecified atom stereocenters. The molecule has 124 valence electrons. The van der Waals surface area contributed by atoms with Crippen LogP contribution in [0, 0.1) is 6.92 Å². The van der Waals surface area contributed by atoms with E-state index in [4.69, 9.17) is 11.6 Å². The molecule has 3 rings (SSSR count). The molecular weight excluding hydrogens is 408 g/mol. The van der Waals surface area contributed by atoms with Crippen molar-refractivity contribution in [1.82, 2.24) is 15.0 Å². The first kappa shape index (κ1) is 17.3. The van der Waals surface area contributed by atoms with Gasteiger partial charge < -0.3 is 5.32 Å². The average molecular weight is 424 g/mol. The molecule has 2 heterocycles. The maximum atomic E-state index is 6.02. The van der Waals surface area contributed by atoms with Crippen molar-refractivity contribution in [2.45, 2.75) is 26.7 Å². The quantitative estimate of drug-likeness (QED) is 0.543. The second kappa shape index (κ2) is 7.17. The summed E-state index contributed by atoms with van der Waals surface area (Å²) in [5.41, 5.74) is 2.67. The molecular formula is C17H16BrClN4S. The fourth-order valence-electron chi connectivity index (χ4n) is 2.17. The second-order valence-corrected chi connectivity index (χ2v) is 7.97. The molecule has 0 fully saturated rings. The van der Waals surface area contributed by atoms with E-state index in [-0.39, 0.29) is 0 Å². The zero-order valence-electron chi connectivity index (χ0n) is 13.5. The highest BCUT2D eigenvalue weighted by Crippen LogP contribution is 2.36. The minimum absolute atomic E-state index is 0.395. The van der Waals surface area contributed by atoms with Crippen LogP contribution in [0.2, 0.25) is 5.02 Å². The fraction of sp³-hybridized carbons (Fsp3) is 0.235. The van der Waals surface area contributed by atoms with E-state index in [1.54, 1.807) is 17.5 Å². The van der Waals surface area contributed by atoms with Gasteiger partial charge in [0.25, 0.3) is 0 Å². The van der Waals surface area contributed by atoms with Crippen molar-refractivity contribution < 1.29 is 0 Å². The van der Waals surface area contributed by atoms with E-state index >= 15 is 0 Å². The summed E-state index contributed by atoms with van der Waals surface area (Å²) in [6.07, 6.45) is 1.75. The molecule has 1 aromatic carbocycles. The third-order valence-corrected chi connectivity index (χ3v) is 5.63. The van der Waals surface area contributed by atoms with Gasteiger partial charge in [0.2, 0.25) is 5.95 Å². The van der Waals surface area contributed by atoms with E-state index in [9.17, 15) is 0 Å². The van der Waals surface area contributed by atoms with Gasteiger partial charge in [0.1, 0.15) is 5.69 Å². The molecule has 2 aromatic heterocycles. The number of hydrogen-bond donors (Lipinski definition) is 1. The first-order valence-electron chi connectivity index (χ1n) is 7.47. The highest BCUT2D eigenvalue weighted by atomic mass is 79.9. The van der Waals surface area contributed by atoms with Crippen molar-refractivity contribution in [1.29, 1.82) is 0 Å². The predicted molar refractivity (Wildman–Crippen MR) is 104 cm³/mol. The monoisotopic (exact) mass is 422 g/mol. The molecule has 0 radical (unpaired) electrons. The number of nitrogens with zero attached hydrogens (tertiary/aromatic N) is 3. The fourth-order valence-corrected chi connectivity index (χ4v) is 3.95. The molecule has 0 bridgehead atoms. The Kier molecular flexibility index (Phi) is 5.18. The number of thiazole rings is 1. The minimum atomic E-state index is 0.395. The number of nitrogens with one attached hydrogen (secondary N) is 1. The van der Waals surface area contributed by atoms with Crippen molar-refractivity contribution >= 4 is 50.5 Å². The molecule has 24 heavy (non-hydrogen) atoms. The summed E-state index contributed by atoms with van der Waals surface area (Å²) in [7, 11) is 0. The molecule has 3 aromatic rings. The Balaban J connectivity index is 1.97. The van der Waals surface area contributed by atoms with Crippen LogP contribution < -0.4 is 5.32 Å². The van der Waals surface area contributed by atoms with Crippen molar-refractivity contribution in [3.63, 3.8) is 0 Å². The van der Waals surface area contributed by atoms with E-state index < -0.39 is 0 Å². The molecule has 4 nitrogen and oxygen atoms in total. The van der Waals surface area contributed by atoms with Crippen LogP contribution in [0.15, 0.2) is 34.9 Å². The SMILES string of the molecule is Cc1nc(C(C)C)sc1-c1nc(Nc2cccc(Cl)c2)ncc1Br. The van der Waals surface area contributed by atoms with Gasteiger partial charge >= 0.3 is 0 Å². The Labute approximate surface area is 158 Å². The maximum absolute atomic E-state index is 6.02. The summed E-state index contributed by atoms with van der Waals surface area (Å²) in [6, 6.07) is 7.47. The Hall–Kier alpha value is -1.50. The molecule has 0 saturated heterocycles. The van der Waals surface area contributed by atoms with Crippen LogP contribution in [-0.4, -0.2) is 15.0 Å². The van der Waals surface area contributed by atoms with E-state index in [0.29, 0.717) is 16.9 Å². The molecule has 0 spiro atoms. The number of rotatable bonds is 4. The number of halogens is 2. The topological polar surface area (TPSA) is 50.7 Å². The molecule has 0 amide bonds. The number of hydrogen-bond acceptors (Lipinski definition) is 5. The van der Waals surface area contributed by atoms with Gasteiger partial charge in [0, 0.05) is 22.8 Å². The van der Waals surface area contributed by atoms with Crippen LogP contribution in [0.3, 0.4) is 0 Å². The Morgan fingerprint density at radius 2 is 2.04 bits per heavy atom. The van der Waals surface area contributed by atoms with Crippen LogP contribution >= 0.6 is 38.9 Å². The van der Waals surface area contributed by atoms with Crippen molar-refractivity contribution in [3.8, 4) is 10.6 Å². The zero-order chi connectivity index (χ0) is 17.3. The lowest BCUT2D eigenvalue weighted by Gasteiger charge is -2.08. The van der Waals surface area contributed by atoms with Crippen LogP contribution in [0.4, 0.5) is 11.6 Å². The second-order valence-electron chi connectivity index (χ2n) is 5.65. The van der Waals surface area contributed by atoms with Gasteiger partial charge in [-0.15, -0.1) is 11.3 Å². The summed E-state index contributed by atoms with van der Waals surface area (Å²) in [6.45, 7) is 6.29. The maximum Gasteiger partial charge on any atom is 0.227 e. The van der Waals surface area contributed by atoms with Crippen LogP contribution in [-0.2, 0) is 0 Å². The normalized spacial score (nSPS) is 11.1. The molecule has 0 aliphatic carbocycles. The first-order chi connectivity index (χ1) is 11.4. The smallest absolute Gasteiger partial charge is 0.227 e. The van der Waals surface area contributed by atoms with Gasteiger partial charge in [-0.3, -0.25) is 0 Å². The average Bonchev–Trinajstić information content (AvgIpc) is 2.91. The van der Waals surface area contributed by atoms with E-state index in [0.717, 1.165) is 31.4 Å². The lowest BCUT2D eigenvalue weighted by Crippen LogP contribution is -1.98. The van der Waals surface area contributed by atoms with E-state index in [1.165, 1.54) is 0 Å². The molecule has 0 aliphatic rings. The highest BCUT2D eigenvalue weighted by molar-refractivity contribution is 9.10. The lowest BCUT2D eigenvalue weighted by atomic mass is 10.2. The minimum Gasteiger partial charge on any atom is -0.324 e. The summed E-state index contributed by atoms with van der Waals surface area (Å²) < 4.78 is 0.848. The van der Waals surface area contributed by atoms with Gasteiger partial charge in [-0.1, -0.05) is 31.5 Å². The van der Waals surface area contributed by atoms with Gasteiger partial charge in [-0.2, -0.15) is 0 Å². The number of benzene rings is 1. The van der Waals surface area contributed by atoms with Gasteiger partial charge in [0.15, 0.2) is 0 Å². The van der Waals surface area contributed by atoms with Crippen LogP contribution in [0.25, 0.3) is 10.6 Å². The first-order valence-corrected chi connectivity index (χ1v) is 9.45. The number of anilines is 2. The molecule has 1 N–H and O–H groups in total. The summed E-state index contributed by atoms with van der Waals surface area (Å²) in [5, 5.41) is 4.96.